The molecule has 2 aliphatic carbocycles. The van der Waals surface area contributed by atoms with Crippen molar-refractivity contribution >= 4 is 40.8 Å². The normalized spacial score (nSPS) is 20.7. The second-order valence-electron chi connectivity index (χ2n) is 7.87. The molecule has 1 aromatic heterocycles. The predicted molar refractivity (Wildman–Crippen MR) is 117 cm³/mol. The highest BCUT2D eigenvalue weighted by molar-refractivity contribution is 7.18. The summed E-state index contributed by atoms with van der Waals surface area (Å²) in [5.41, 5.74) is 1.32. The average Bonchev–Trinajstić information content (AvgIpc) is 3.40. The molecule has 4 rings (SSSR count). The number of halogens is 1. The summed E-state index contributed by atoms with van der Waals surface area (Å²) in [6, 6.07) is 3.30. The van der Waals surface area contributed by atoms with Gasteiger partial charge in [0.1, 0.15) is 18.5 Å². The van der Waals surface area contributed by atoms with Gasteiger partial charge < -0.3 is 25.2 Å². The molecule has 2 fully saturated rings. The van der Waals surface area contributed by atoms with Gasteiger partial charge in [-0.15, -0.1) is 11.3 Å². The Kier molecular flexibility index (Phi) is 7.02. The van der Waals surface area contributed by atoms with Gasteiger partial charge in [0.25, 0.3) is 5.91 Å². The molecule has 3 aliphatic rings. The van der Waals surface area contributed by atoms with Crippen molar-refractivity contribution in [3.05, 3.63) is 44.6 Å². The standard InChI is InChI=1S/C21H24ClN3O6S/c22-18-6-5-17(32-18)20(28)23-8-14-9-25(21(29)31-14)15-4-3-13(24-19(27)10-26)7-16(15)30-11-12-1-2-12/h5-7,12,14,26H,1-4,8-11H2,(H,23,28)(H,24,27). The Morgan fingerprint density at radius 3 is 2.81 bits per heavy atom. The van der Waals surface area contributed by atoms with Gasteiger partial charge in [0.2, 0.25) is 5.91 Å². The predicted octanol–water partition coefficient (Wildman–Crippen LogP) is 2.38. The molecule has 32 heavy (non-hydrogen) atoms. The quantitative estimate of drug-likeness (QED) is 0.498. The van der Waals surface area contributed by atoms with Gasteiger partial charge in [0.15, 0.2) is 0 Å². The van der Waals surface area contributed by atoms with Crippen molar-refractivity contribution in [2.24, 2.45) is 5.92 Å². The monoisotopic (exact) mass is 481 g/mol. The zero-order chi connectivity index (χ0) is 22.7. The minimum absolute atomic E-state index is 0.176. The lowest BCUT2D eigenvalue weighted by Gasteiger charge is -2.25. The summed E-state index contributed by atoms with van der Waals surface area (Å²) < 4.78 is 12.0. The number of nitrogens with zero attached hydrogens (tertiary/aromatic N) is 1. The van der Waals surface area contributed by atoms with E-state index in [1.54, 1.807) is 18.2 Å². The van der Waals surface area contributed by atoms with Crippen LogP contribution in [-0.4, -0.2) is 60.3 Å². The topological polar surface area (TPSA) is 117 Å². The highest BCUT2D eigenvalue weighted by Crippen LogP contribution is 2.33. The van der Waals surface area contributed by atoms with Gasteiger partial charge in [-0.1, -0.05) is 11.6 Å². The summed E-state index contributed by atoms with van der Waals surface area (Å²) in [6.45, 7) is 0.399. The van der Waals surface area contributed by atoms with E-state index in [1.165, 1.54) is 16.2 Å². The van der Waals surface area contributed by atoms with Crippen LogP contribution in [0.15, 0.2) is 35.4 Å². The van der Waals surface area contributed by atoms with E-state index in [1.807, 2.05) is 0 Å². The highest BCUT2D eigenvalue weighted by atomic mass is 35.5. The molecule has 0 aromatic carbocycles. The minimum atomic E-state index is -0.601. The van der Waals surface area contributed by atoms with E-state index in [4.69, 9.17) is 26.2 Å². The first-order valence-electron chi connectivity index (χ1n) is 10.4. The summed E-state index contributed by atoms with van der Waals surface area (Å²) in [6.07, 6.45) is 3.90. The van der Waals surface area contributed by atoms with E-state index in [-0.39, 0.29) is 19.0 Å². The average molecular weight is 482 g/mol. The van der Waals surface area contributed by atoms with Gasteiger partial charge in [-0.05, 0) is 43.7 Å². The van der Waals surface area contributed by atoms with Gasteiger partial charge in [-0.2, -0.15) is 0 Å². The van der Waals surface area contributed by atoms with Gasteiger partial charge >= 0.3 is 6.09 Å². The molecular weight excluding hydrogens is 458 g/mol. The molecule has 1 aliphatic heterocycles. The van der Waals surface area contributed by atoms with E-state index in [9.17, 15) is 14.4 Å². The number of carbonyl (C=O) groups excluding carboxylic acids is 3. The Hall–Kier alpha value is -2.56. The van der Waals surface area contributed by atoms with Crippen molar-refractivity contribution in [2.75, 3.05) is 26.3 Å². The number of cyclic esters (lactones) is 1. The number of nitrogens with one attached hydrogen (secondary N) is 2. The molecule has 9 nitrogen and oxygen atoms in total. The third kappa shape index (κ3) is 5.62. The number of thiophene rings is 1. The molecule has 1 atom stereocenters. The lowest BCUT2D eigenvalue weighted by molar-refractivity contribution is -0.123. The summed E-state index contributed by atoms with van der Waals surface area (Å²) in [4.78, 5) is 38.4. The maximum atomic E-state index is 12.6. The first-order valence-corrected chi connectivity index (χ1v) is 11.6. The van der Waals surface area contributed by atoms with Crippen LogP contribution < -0.4 is 10.6 Å². The maximum Gasteiger partial charge on any atom is 0.414 e. The lowest BCUT2D eigenvalue weighted by atomic mass is 10.0. The van der Waals surface area contributed by atoms with Crippen LogP contribution in [0.1, 0.15) is 35.4 Å². The van der Waals surface area contributed by atoms with Crippen molar-refractivity contribution in [1.82, 2.24) is 15.5 Å². The summed E-state index contributed by atoms with van der Waals surface area (Å²) >= 11 is 7.05. The zero-order valence-electron chi connectivity index (χ0n) is 17.3. The highest BCUT2D eigenvalue weighted by Gasteiger charge is 2.36. The van der Waals surface area contributed by atoms with Gasteiger partial charge in [0, 0.05) is 11.8 Å². The van der Waals surface area contributed by atoms with E-state index in [2.05, 4.69) is 10.6 Å². The fraction of sp³-hybridized carbons (Fsp3) is 0.476. The smallest absolute Gasteiger partial charge is 0.414 e. The molecule has 1 saturated carbocycles. The molecule has 0 spiro atoms. The lowest BCUT2D eigenvalue weighted by Crippen LogP contribution is -2.35. The number of ether oxygens (including phenoxy) is 2. The van der Waals surface area contributed by atoms with Crippen molar-refractivity contribution in [1.29, 1.82) is 0 Å². The molecule has 0 bridgehead atoms. The fourth-order valence-electron chi connectivity index (χ4n) is 3.47. The SMILES string of the molecule is O=C(CO)NC1=CC(OCC2CC2)=C(N2CC(CNC(=O)c3ccc(Cl)s3)OC2=O)CC1. The van der Waals surface area contributed by atoms with Crippen LogP contribution >= 0.6 is 22.9 Å². The summed E-state index contributed by atoms with van der Waals surface area (Å²) in [7, 11) is 0. The number of hydrogen-bond acceptors (Lipinski definition) is 7. The molecule has 1 aromatic rings. The number of rotatable bonds is 9. The third-order valence-corrected chi connectivity index (χ3v) is 6.55. The van der Waals surface area contributed by atoms with Crippen LogP contribution in [0.2, 0.25) is 4.34 Å². The van der Waals surface area contributed by atoms with E-state index < -0.39 is 24.7 Å². The largest absolute Gasteiger partial charge is 0.491 e. The van der Waals surface area contributed by atoms with E-state index in [0.29, 0.717) is 51.7 Å². The first-order chi connectivity index (χ1) is 15.4. The van der Waals surface area contributed by atoms with E-state index in [0.717, 1.165) is 12.8 Å². The van der Waals surface area contributed by atoms with Crippen molar-refractivity contribution in [2.45, 2.75) is 31.8 Å². The number of aliphatic hydroxyl groups excluding tert-OH is 1. The Morgan fingerprint density at radius 2 is 2.12 bits per heavy atom. The molecule has 2 heterocycles. The first kappa shape index (κ1) is 22.6. The number of amides is 3. The fourth-order valence-corrected chi connectivity index (χ4v) is 4.43. The molecule has 0 radical (unpaired) electrons. The molecule has 3 amide bonds. The molecule has 1 unspecified atom stereocenters. The number of allylic oxidation sites excluding steroid dienone is 3. The Balaban J connectivity index is 1.42. The Bertz CT molecular complexity index is 970. The second-order valence-corrected chi connectivity index (χ2v) is 9.59. The maximum absolute atomic E-state index is 12.6. The Morgan fingerprint density at radius 1 is 1.31 bits per heavy atom. The van der Waals surface area contributed by atoms with Crippen LogP contribution in [0.4, 0.5) is 4.79 Å². The molecule has 172 valence electrons. The molecule has 11 heteroatoms. The number of hydrogen-bond donors (Lipinski definition) is 3. The third-order valence-electron chi connectivity index (χ3n) is 5.32. The van der Waals surface area contributed by atoms with Crippen molar-refractivity contribution < 1.29 is 29.0 Å². The van der Waals surface area contributed by atoms with Crippen molar-refractivity contribution in [3.63, 3.8) is 0 Å². The van der Waals surface area contributed by atoms with Crippen molar-refractivity contribution in [3.8, 4) is 0 Å². The van der Waals surface area contributed by atoms with Crippen LogP contribution in [0, 0.1) is 5.92 Å². The second kappa shape index (κ2) is 9.93. The van der Waals surface area contributed by atoms with Crippen LogP contribution in [0.3, 0.4) is 0 Å². The number of aliphatic hydroxyl groups is 1. The Labute approximate surface area is 194 Å². The van der Waals surface area contributed by atoms with Gasteiger partial charge in [0.05, 0.1) is 34.6 Å². The molecule has 1 saturated heterocycles. The van der Waals surface area contributed by atoms with Gasteiger partial charge in [-0.3, -0.25) is 14.5 Å². The number of carbonyl (C=O) groups is 3. The molecule has 3 N–H and O–H groups in total. The van der Waals surface area contributed by atoms with Crippen LogP contribution in [-0.2, 0) is 14.3 Å². The van der Waals surface area contributed by atoms with Crippen LogP contribution in [0.25, 0.3) is 0 Å². The summed E-state index contributed by atoms with van der Waals surface area (Å²) in [5.74, 6) is 0.263. The van der Waals surface area contributed by atoms with Gasteiger partial charge in [-0.25, -0.2) is 4.79 Å². The van der Waals surface area contributed by atoms with E-state index >= 15 is 0 Å². The molecular formula is C21H24ClN3O6S. The zero-order valence-corrected chi connectivity index (χ0v) is 18.8. The minimum Gasteiger partial charge on any atom is -0.491 e. The summed E-state index contributed by atoms with van der Waals surface area (Å²) in [5, 5.41) is 14.4. The van der Waals surface area contributed by atoms with Crippen LogP contribution in [0.5, 0.6) is 0 Å².